The molecule has 3 unspecified atom stereocenters. The highest BCUT2D eigenvalue weighted by molar-refractivity contribution is 5.76. The highest BCUT2D eigenvalue weighted by atomic mass is 16.6. The number of aliphatic hydroxyl groups is 1. The maximum absolute atomic E-state index is 12.0. The molecule has 1 N–H and O–H groups in total. The maximum atomic E-state index is 12.0. The Morgan fingerprint density at radius 3 is 2.45 bits per heavy atom. The molecule has 4 atom stereocenters. The number of nitrogens with zero attached hydrogens (tertiary/aromatic N) is 1. The minimum atomic E-state index is -1.17. The second-order valence-corrected chi connectivity index (χ2v) is 5.89. The number of hydrogen-bond acceptors (Lipinski definition) is 4. The summed E-state index contributed by atoms with van der Waals surface area (Å²) in [5.41, 5.74) is 0.591. The number of benzene rings is 1. The maximum Gasteiger partial charge on any atom is 0.339 e. The summed E-state index contributed by atoms with van der Waals surface area (Å²) < 4.78 is 5.52. The van der Waals surface area contributed by atoms with Crippen LogP contribution in [0.3, 0.4) is 0 Å². The summed E-state index contributed by atoms with van der Waals surface area (Å²) in [5, 5.41) is 10.0. The molecule has 108 valence electrons. The molecule has 2 saturated heterocycles. The monoisotopic (exact) mass is 275 g/mol. The van der Waals surface area contributed by atoms with Crippen LogP contribution in [-0.4, -0.2) is 41.2 Å². The second kappa shape index (κ2) is 5.54. The van der Waals surface area contributed by atoms with Gasteiger partial charge in [0.15, 0.2) is 6.10 Å². The fraction of sp³-hybridized carbons (Fsp3) is 0.562. The Hall–Kier alpha value is -1.39. The number of aliphatic hydroxyl groups excluding tert-OH is 1. The van der Waals surface area contributed by atoms with E-state index >= 15 is 0 Å². The van der Waals surface area contributed by atoms with Crippen molar-refractivity contribution in [2.45, 2.75) is 50.0 Å². The Bertz CT molecular complexity index is 462. The van der Waals surface area contributed by atoms with Gasteiger partial charge < -0.3 is 14.7 Å². The van der Waals surface area contributed by atoms with Crippen molar-refractivity contribution in [3.8, 4) is 0 Å². The van der Waals surface area contributed by atoms with Gasteiger partial charge in [0, 0.05) is 12.1 Å². The van der Waals surface area contributed by atoms with Gasteiger partial charge in [0.05, 0.1) is 0 Å². The predicted octanol–water partition coefficient (Wildman–Crippen LogP) is 1.89. The molecule has 4 heteroatoms. The molecule has 20 heavy (non-hydrogen) atoms. The molecule has 2 bridgehead atoms. The van der Waals surface area contributed by atoms with E-state index in [1.807, 2.05) is 18.2 Å². The van der Waals surface area contributed by atoms with Gasteiger partial charge in [-0.1, -0.05) is 30.3 Å². The van der Waals surface area contributed by atoms with Gasteiger partial charge in [-0.2, -0.15) is 0 Å². The normalized spacial score (nSPS) is 31.0. The topological polar surface area (TPSA) is 49.8 Å². The van der Waals surface area contributed by atoms with E-state index in [0.717, 1.165) is 12.8 Å². The summed E-state index contributed by atoms with van der Waals surface area (Å²) in [6.45, 7) is 0. The van der Waals surface area contributed by atoms with Gasteiger partial charge in [0.1, 0.15) is 6.10 Å². The van der Waals surface area contributed by atoms with Crippen LogP contribution in [-0.2, 0) is 9.53 Å². The Morgan fingerprint density at radius 2 is 1.85 bits per heavy atom. The molecule has 0 saturated carbocycles. The number of esters is 1. The van der Waals surface area contributed by atoms with Crippen LogP contribution in [0.25, 0.3) is 0 Å². The summed E-state index contributed by atoms with van der Waals surface area (Å²) in [5.74, 6) is -0.523. The molecule has 0 aromatic heterocycles. The van der Waals surface area contributed by atoms with Gasteiger partial charge in [0.2, 0.25) is 0 Å². The third-order valence-corrected chi connectivity index (χ3v) is 4.68. The Morgan fingerprint density at radius 1 is 1.25 bits per heavy atom. The van der Waals surface area contributed by atoms with Crippen molar-refractivity contribution in [3.05, 3.63) is 35.9 Å². The zero-order chi connectivity index (χ0) is 14.1. The van der Waals surface area contributed by atoms with Crippen molar-refractivity contribution in [1.82, 2.24) is 4.90 Å². The number of hydrogen-bond donors (Lipinski definition) is 1. The van der Waals surface area contributed by atoms with Crippen LogP contribution in [0, 0.1) is 0 Å². The van der Waals surface area contributed by atoms with Crippen molar-refractivity contribution >= 4 is 5.97 Å². The van der Waals surface area contributed by atoms with Crippen LogP contribution < -0.4 is 0 Å². The average Bonchev–Trinajstić information content (AvgIpc) is 2.69. The van der Waals surface area contributed by atoms with Gasteiger partial charge in [-0.15, -0.1) is 0 Å². The van der Waals surface area contributed by atoms with Gasteiger partial charge in [-0.25, -0.2) is 4.79 Å². The van der Waals surface area contributed by atoms with Crippen LogP contribution in [0.2, 0.25) is 0 Å². The van der Waals surface area contributed by atoms with Crippen LogP contribution in [0.1, 0.15) is 37.4 Å². The van der Waals surface area contributed by atoms with Crippen molar-refractivity contribution in [2.24, 2.45) is 0 Å². The first-order valence-electron chi connectivity index (χ1n) is 7.30. The molecule has 0 aliphatic carbocycles. The zero-order valence-electron chi connectivity index (χ0n) is 11.7. The molecule has 2 aliphatic rings. The third-order valence-electron chi connectivity index (χ3n) is 4.68. The van der Waals surface area contributed by atoms with E-state index in [-0.39, 0.29) is 6.10 Å². The average molecular weight is 275 g/mol. The molecule has 2 fully saturated rings. The molecule has 2 aliphatic heterocycles. The smallest absolute Gasteiger partial charge is 0.339 e. The molecule has 0 spiro atoms. The fourth-order valence-electron chi connectivity index (χ4n) is 3.46. The zero-order valence-corrected chi connectivity index (χ0v) is 11.7. The summed E-state index contributed by atoms with van der Waals surface area (Å²) in [7, 11) is 2.15. The van der Waals surface area contributed by atoms with E-state index in [1.165, 1.54) is 12.8 Å². The van der Waals surface area contributed by atoms with E-state index in [9.17, 15) is 9.90 Å². The predicted molar refractivity (Wildman–Crippen MR) is 75.1 cm³/mol. The molecule has 0 radical (unpaired) electrons. The quantitative estimate of drug-likeness (QED) is 0.856. The van der Waals surface area contributed by atoms with Crippen LogP contribution in [0.5, 0.6) is 0 Å². The first-order valence-corrected chi connectivity index (χ1v) is 7.30. The molecule has 3 rings (SSSR count). The van der Waals surface area contributed by atoms with Crippen LogP contribution >= 0.6 is 0 Å². The largest absolute Gasteiger partial charge is 0.460 e. The Balaban J connectivity index is 1.60. The second-order valence-electron chi connectivity index (χ2n) is 5.89. The Kier molecular flexibility index (Phi) is 3.76. The lowest BCUT2D eigenvalue weighted by Crippen LogP contribution is -2.43. The number of rotatable bonds is 3. The van der Waals surface area contributed by atoms with E-state index in [0.29, 0.717) is 17.6 Å². The summed E-state index contributed by atoms with van der Waals surface area (Å²) in [6, 6.07) is 10.0. The highest BCUT2D eigenvalue weighted by Gasteiger charge is 2.40. The number of carbonyl (C=O) groups excluding carboxylic acids is 1. The van der Waals surface area contributed by atoms with Gasteiger partial charge in [-0.3, -0.25) is 0 Å². The fourth-order valence-corrected chi connectivity index (χ4v) is 3.46. The minimum absolute atomic E-state index is 0.0467. The van der Waals surface area contributed by atoms with Crippen LogP contribution in [0.15, 0.2) is 30.3 Å². The molecule has 1 aromatic rings. The highest BCUT2D eigenvalue weighted by Crippen LogP contribution is 2.35. The van der Waals surface area contributed by atoms with E-state index in [2.05, 4.69) is 11.9 Å². The van der Waals surface area contributed by atoms with Gasteiger partial charge in [0.25, 0.3) is 0 Å². The molecule has 0 amide bonds. The standard InChI is InChI=1S/C16H21NO3/c1-17-12-7-8-13(17)10-14(9-12)20-16(19)15(18)11-5-3-2-4-6-11/h2-6,12-15,18H,7-10H2,1H3/t12-,13?,14?,15?/m1/s1. The number of carbonyl (C=O) groups is 1. The van der Waals surface area contributed by atoms with Crippen LogP contribution in [0.4, 0.5) is 0 Å². The molecular formula is C16H21NO3. The summed E-state index contributed by atoms with van der Waals surface area (Å²) in [6.07, 6.45) is 2.94. The molecule has 2 heterocycles. The number of fused-ring (bicyclic) bond motifs is 2. The molecule has 1 aromatic carbocycles. The molecular weight excluding hydrogens is 254 g/mol. The molecule has 4 nitrogen and oxygen atoms in total. The first-order chi connectivity index (χ1) is 9.65. The third kappa shape index (κ3) is 2.58. The lowest BCUT2D eigenvalue weighted by molar-refractivity contribution is -0.162. The van der Waals surface area contributed by atoms with Crippen molar-refractivity contribution in [1.29, 1.82) is 0 Å². The Labute approximate surface area is 119 Å². The van der Waals surface area contributed by atoms with E-state index in [1.54, 1.807) is 12.1 Å². The van der Waals surface area contributed by atoms with Gasteiger partial charge in [-0.05, 0) is 38.3 Å². The first kappa shape index (κ1) is 13.6. The SMILES string of the molecule is CN1C2CC[C@@H]1CC(OC(=O)C(O)c1ccccc1)C2. The summed E-state index contributed by atoms with van der Waals surface area (Å²) in [4.78, 5) is 14.4. The van der Waals surface area contributed by atoms with Crippen molar-refractivity contribution in [2.75, 3.05) is 7.05 Å². The lowest BCUT2D eigenvalue weighted by atomic mass is 10.0. The lowest BCUT2D eigenvalue weighted by Gasteiger charge is -2.36. The number of piperidine rings is 1. The van der Waals surface area contributed by atoms with Gasteiger partial charge >= 0.3 is 5.97 Å². The van der Waals surface area contributed by atoms with E-state index < -0.39 is 12.1 Å². The van der Waals surface area contributed by atoms with Crippen molar-refractivity contribution in [3.63, 3.8) is 0 Å². The van der Waals surface area contributed by atoms with Crippen molar-refractivity contribution < 1.29 is 14.6 Å². The number of ether oxygens (including phenoxy) is 1. The minimum Gasteiger partial charge on any atom is -0.460 e. The van der Waals surface area contributed by atoms with E-state index in [4.69, 9.17) is 4.74 Å². The summed E-state index contributed by atoms with van der Waals surface area (Å²) >= 11 is 0.